The van der Waals surface area contributed by atoms with Gasteiger partial charge in [-0.25, -0.2) is 4.79 Å². The molecule has 0 radical (unpaired) electrons. The van der Waals surface area contributed by atoms with E-state index in [1.165, 1.54) is 24.3 Å². The van der Waals surface area contributed by atoms with E-state index < -0.39 is 28.5 Å². The number of Topliss-reactive ketones (excluding diaryl/α,β-unsaturated/α-hetero) is 1. The lowest BCUT2D eigenvalue weighted by Gasteiger charge is -2.17. The number of nitrogens with one attached hydrogen (secondary N) is 1. The monoisotopic (exact) mass is 416 g/mol. The molecule has 0 bridgehead atoms. The molecule has 1 aromatic carbocycles. The number of rotatable bonds is 9. The second-order valence-electron chi connectivity index (χ2n) is 7.59. The second-order valence-corrected chi connectivity index (χ2v) is 7.59. The number of ketones is 1. The van der Waals surface area contributed by atoms with Crippen LogP contribution < -0.4 is 5.32 Å². The fraction of sp³-hybridized carbons (Fsp3) is 0.476. The van der Waals surface area contributed by atoms with E-state index >= 15 is 0 Å². The van der Waals surface area contributed by atoms with Crippen molar-refractivity contribution in [3.63, 3.8) is 0 Å². The highest BCUT2D eigenvalue weighted by Gasteiger charge is 2.61. The Morgan fingerprint density at radius 1 is 1.33 bits per heavy atom. The first-order chi connectivity index (χ1) is 14.3. The summed E-state index contributed by atoms with van der Waals surface area (Å²) in [6.07, 6.45) is 2.08. The third-order valence-corrected chi connectivity index (χ3v) is 5.66. The van der Waals surface area contributed by atoms with Crippen LogP contribution in [0.4, 0.5) is 5.69 Å². The summed E-state index contributed by atoms with van der Waals surface area (Å²) in [6.45, 7) is 6.01. The fourth-order valence-corrected chi connectivity index (χ4v) is 3.84. The summed E-state index contributed by atoms with van der Waals surface area (Å²) in [4.78, 5) is 47.5. The number of hydrogen-bond donors (Lipinski definition) is 1. The normalized spacial score (nSPS) is 27.2. The first-order valence-corrected chi connectivity index (χ1v) is 9.82. The van der Waals surface area contributed by atoms with Crippen LogP contribution in [0.2, 0.25) is 0 Å². The van der Waals surface area contributed by atoms with Crippen LogP contribution in [-0.2, 0) is 19.1 Å². The molecule has 160 valence electrons. The molecule has 1 saturated carbocycles. The minimum absolute atomic E-state index is 0.0587. The average Bonchev–Trinajstić information content (AvgIpc) is 3.25. The average molecular weight is 416 g/mol. The predicted octanol–water partition coefficient (Wildman–Crippen LogP) is 2.20. The molecule has 1 aliphatic heterocycles. The van der Waals surface area contributed by atoms with Gasteiger partial charge in [0.2, 0.25) is 0 Å². The van der Waals surface area contributed by atoms with Gasteiger partial charge in [-0.2, -0.15) is 0 Å². The van der Waals surface area contributed by atoms with Crippen molar-refractivity contribution in [3.8, 4) is 0 Å². The van der Waals surface area contributed by atoms with E-state index in [9.17, 15) is 24.5 Å². The number of nitro benzene ring substituents is 1. The van der Waals surface area contributed by atoms with Crippen LogP contribution in [0.1, 0.15) is 36.5 Å². The Hall–Kier alpha value is -3.07. The highest BCUT2D eigenvalue weighted by molar-refractivity contribution is 5.93. The number of nitro groups is 1. The fourth-order valence-electron chi connectivity index (χ4n) is 3.84. The van der Waals surface area contributed by atoms with Crippen molar-refractivity contribution in [2.45, 2.75) is 38.3 Å². The van der Waals surface area contributed by atoms with Crippen molar-refractivity contribution >= 4 is 23.4 Å². The molecule has 3 rings (SSSR count). The molecular weight excluding hydrogens is 392 g/mol. The molecule has 9 heteroatoms. The number of ether oxygens (including phenoxy) is 2. The van der Waals surface area contributed by atoms with Crippen molar-refractivity contribution in [1.29, 1.82) is 0 Å². The van der Waals surface area contributed by atoms with Gasteiger partial charge >= 0.3 is 11.9 Å². The summed E-state index contributed by atoms with van der Waals surface area (Å²) in [6, 6.07) is 4.61. The first kappa shape index (κ1) is 21.6. The largest absolute Gasteiger partial charge is 0.466 e. The first-order valence-electron chi connectivity index (χ1n) is 9.82. The molecule has 1 N–H and O–H groups in total. The van der Waals surface area contributed by atoms with Crippen LogP contribution in [0.15, 0.2) is 36.9 Å². The van der Waals surface area contributed by atoms with Crippen LogP contribution in [0.5, 0.6) is 0 Å². The lowest BCUT2D eigenvalue weighted by molar-refractivity contribution is -0.384. The Morgan fingerprint density at radius 2 is 2.03 bits per heavy atom. The molecule has 30 heavy (non-hydrogen) atoms. The van der Waals surface area contributed by atoms with Crippen molar-refractivity contribution in [2.75, 3.05) is 13.2 Å². The van der Waals surface area contributed by atoms with Gasteiger partial charge in [-0.15, -0.1) is 6.58 Å². The van der Waals surface area contributed by atoms with Crippen LogP contribution in [-0.4, -0.2) is 47.9 Å². The summed E-state index contributed by atoms with van der Waals surface area (Å²) >= 11 is 0. The van der Waals surface area contributed by atoms with Gasteiger partial charge in [0.15, 0.2) is 5.78 Å². The standard InChI is InChI=1S/C21H24N2O7/c1-3-14-10-21(14,20(26)29-4-2)11-18(24)17-9-16(12-22-17)30-19(25)13-5-7-15(8-6-13)23(27)28/h3,5-8,14,16-17,22H,1,4,9-12H2,2H3/t14-,16-,17+,21-/m1/s1. The van der Waals surface area contributed by atoms with Crippen LogP contribution in [0, 0.1) is 21.4 Å². The van der Waals surface area contributed by atoms with E-state index in [-0.39, 0.29) is 41.9 Å². The molecule has 0 unspecified atom stereocenters. The van der Waals surface area contributed by atoms with Crippen molar-refractivity contribution in [3.05, 3.63) is 52.6 Å². The zero-order valence-electron chi connectivity index (χ0n) is 16.7. The van der Waals surface area contributed by atoms with Crippen LogP contribution in [0.25, 0.3) is 0 Å². The summed E-state index contributed by atoms with van der Waals surface area (Å²) in [5.74, 6) is -1.18. The minimum Gasteiger partial charge on any atom is -0.466 e. The third-order valence-electron chi connectivity index (χ3n) is 5.66. The van der Waals surface area contributed by atoms with E-state index in [1.54, 1.807) is 13.0 Å². The maximum Gasteiger partial charge on any atom is 0.338 e. The molecule has 1 saturated heterocycles. The van der Waals surface area contributed by atoms with Crippen molar-refractivity contribution in [1.82, 2.24) is 5.32 Å². The zero-order valence-corrected chi connectivity index (χ0v) is 16.7. The van der Waals surface area contributed by atoms with Gasteiger partial charge in [0.25, 0.3) is 5.69 Å². The Bertz CT molecular complexity index is 867. The highest BCUT2D eigenvalue weighted by Crippen LogP contribution is 2.57. The Labute approximate surface area is 173 Å². The number of allylic oxidation sites excluding steroid dienone is 1. The van der Waals surface area contributed by atoms with Crippen LogP contribution in [0.3, 0.4) is 0 Å². The van der Waals surface area contributed by atoms with E-state index in [0.29, 0.717) is 19.4 Å². The van der Waals surface area contributed by atoms with Gasteiger partial charge < -0.3 is 14.8 Å². The summed E-state index contributed by atoms with van der Waals surface area (Å²) < 4.78 is 10.6. The van der Waals surface area contributed by atoms with Gasteiger partial charge in [-0.05, 0) is 31.4 Å². The lowest BCUT2D eigenvalue weighted by atomic mass is 9.92. The summed E-state index contributed by atoms with van der Waals surface area (Å²) in [5, 5.41) is 13.7. The molecule has 0 spiro atoms. The van der Waals surface area contributed by atoms with Crippen molar-refractivity contribution < 1.29 is 28.8 Å². The number of nitrogens with zero attached hydrogens (tertiary/aromatic N) is 1. The van der Waals surface area contributed by atoms with Crippen LogP contribution >= 0.6 is 0 Å². The molecule has 4 atom stereocenters. The van der Waals surface area contributed by atoms with Crippen molar-refractivity contribution in [2.24, 2.45) is 11.3 Å². The van der Waals surface area contributed by atoms with Gasteiger partial charge in [0.05, 0.1) is 28.6 Å². The third kappa shape index (κ3) is 4.40. The number of esters is 2. The van der Waals surface area contributed by atoms with E-state index in [1.807, 2.05) is 0 Å². The van der Waals surface area contributed by atoms with Gasteiger partial charge in [0.1, 0.15) is 6.10 Å². The van der Waals surface area contributed by atoms with E-state index in [0.717, 1.165) is 0 Å². The Morgan fingerprint density at radius 3 is 2.60 bits per heavy atom. The smallest absolute Gasteiger partial charge is 0.338 e. The molecule has 1 heterocycles. The maximum absolute atomic E-state index is 12.8. The molecule has 2 fully saturated rings. The topological polar surface area (TPSA) is 125 Å². The van der Waals surface area contributed by atoms with Gasteiger partial charge in [-0.1, -0.05) is 6.08 Å². The molecular formula is C21H24N2O7. The number of carbonyl (C=O) groups is 3. The number of non-ortho nitro benzene ring substituents is 1. The Kier molecular flexibility index (Phi) is 6.31. The maximum atomic E-state index is 12.8. The molecule has 1 aromatic rings. The Balaban J connectivity index is 1.55. The number of benzene rings is 1. The van der Waals surface area contributed by atoms with Gasteiger partial charge in [-0.3, -0.25) is 19.7 Å². The molecule has 0 aromatic heterocycles. The molecule has 9 nitrogen and oxygen atoms in total. The lowest BCUT2D eigenvalue weighted by Crippen LogP contribution is -2.35. The van der Waals surface area contributed by atoms with E-state index in [2.05, 4.69) is 11.9 Å². The highest BCUT2D eigenvalue weighted by atomic mass is 16.6. The van der Waals surface area contributed by atoms with E-state index in [4.69, 9.17) is 9.47 Å². The van der Waals surface area contributed by atoms with Gasteiger partial charge in [0, 0.05) is 31.5 Å². The molecule has 1 aliphatic carbocycles. The molecule has 2 aliphatic rings. The quantitative estimate of drug-likeness (QED) is 0.281. The number of carbonyl (C=O) groups excluding carboxylic acids is 3. The number of hydrogen-bond acceptors (Lipinski definition) is 8. The predicted molar refractivity (Wildman–Crippen MR) is 106 cm³/mol. The molecule has 0 amide bonds. The second kappa shape index (κ2) is 8.74. The zero-order chi connectivity index (χ0) is 21.9. The SMILES string of the molecule is C=C[C@@H]1C[C@]1(CC(=O)[C@@H]1C[C@@H](OC(=O)c2ccc([N+](=O)[O-])cc2)CN1)C(=O)OCC. The minimum atomic E-state index is -0.829. The summed E-state index contributed by atoms with van der Waals surface area (Å²) in [7, 11) is 0. The summed E-state index contributed by atoms with van der Waals surface area (Å²) in [5.41, 5.74) is -0.749.